The lowest BCUT2D eigenvalue weighted by Crippen LogP contribution is -2.41. The maximum atomic E-state index is 14.1. The van der Waals surface area contributed by atoms with Crippen molar-refractivity contribution < 1.29 is 37.0 Å². The number of hydrogen-bond donors (Lipinski definition) is 1. The molecule has 2 aromatic rings. The average molecular weight is 536 g/mol. The Hall–Kier alpha value is -3.59. The number of ether oxygens (including phenoxy) is 2. The summed E-state index contributed by atoms with van der Waals surface area (Å²) in [7, 11) is 0. The average Bonchev–Trinajstić information content (AvgIpc) is 2.83. The van der Waals surface area contributed by atoms with Gasteiger partial charge in [0.15, 0.2) is 5.78 Å². The third-order valence-electron chi connectivity index (χ3n) is 5.78. The van der Waals surface area contributed by atoms with Crippen LogP contribution in [-0.2, 0) is 25.2 Å². The van der Waals surface area contributed by atoms with Crippen LogP contribution < -0.4 is 5.32 Å². The van der Waals surface area contributed by atoms with Gasteiger partial charge in [-0.15, -0.1) is 0 Å². The zero-order valence-electron chi connectivity index (χ0n) is 20.3. The van der Waals surface area contributed by atoms with Crippen molar-refractivity contribution in [2.24, 2.45) is 5.92 Å². The summed E-state index contributed by atoms with van der Waals surface area (Å²) in [5.74, 6) is -5.33. The number of rotatable bonds is 7. The van der Waals surface area contributed by atoms with Crippen molar-refractivity contribution in [1.82, 2.24) is 5.32 Å². The molecule has 2 atom stereocenters. The van der Waals surface area contributed by atoms with E-state index in [9.17, 15) is 27.6 Å². The van der Waals surface area contributed by atoms with E-state index in [2.05, 4.69) is 5.32 Å². The van der Waals surface area contributed by atoms with Crippen molar-refractivity contribution in [2.45, 2.75) is 32.9 Å². The summed E-state index contributed by atoms with van der Waals surface area (Å²) in [6.07, 6.45) is -3.69. The molecule has 1 aliphatic rings. The number of carbonyl (C=O) groups excluding carboxylic acids is 3. The lowest BCUT2D eigenvalue weighted by atomic mass is 9.73. The van der Waals surface area contributed by atoms with E-state index in [1.807, 2.05) is 0 Å². The van der Waals surface area contributed by atoms with Gasteiger partial charge in [0, 0.05) is 29.0 Å². The minimum atomic E-state index is -4.79. The summed E-state index contributed by atoms with van der Waals surface area (Å²) >= 11 is 6.15. The van der Waals surface area contributed by atoms with Crippen LogP contribution in [0, 0.1) is 5.92 Å². The number of esters is 2. The summed E-state index contributed by atoms with van der Waals surface area (Å²) in [5.41, 5.74) is -1.28. The Kier molecular flexibility index (Phi) is 8.81. The van der Waals surface area contributed by atoms with Crippen molar-refractivity contribution in [1.29, 1.82) is 0 Å². The van der Waals surface area contributed by atoms with Gasteiger partial charge in [0.25, 0.3) is 0 Å². The molecule has 1 N–H and O–H groups in total. The van der Waals surface area contributed by atoms with Gasteiger partial charge in [-0.1, -0.05) is 41.9 Å². The molecule has 0 radical (unpaired) electrons. The Labute approximate surface area is 217 Å². The van der Waals surface area contributed by atoms with E-state index < -0.39 is 41.3 Å². The van der Waals surface area contributed by atoms with Crippen LogP contribution in [0.1, 0.15) is 48.2 Å². The summed E-state index contributed by atoms with van der Waals surface area (Å²) < 4.78 is 52.6. The molecule has 196 valence electrons. The molecule has 0 bridgehead atoms. The highest BCUT2D eigenvalue weighted by Gasteiger charge is 2.47. The number of ketones is 1. The first kappa shape index (κ1) is 28.0. The third kappa shape index (κ3) is 6.05. The van der Waals surface area contributed by atoms with Crippen LogP contribution in [0.5, 0.6) is 0 Å². The molecule has 3 rings (SSSR count). The molecular weight excluding hydrogens is 511 g/mol. The molecule has 6 nitrogen and oxygen atoms in total. The maximum Gasteiger partial charge on any atom is 0.416 e. The summed E-state index contributed by atoms with van der Waals surface area (Å²) in [5, 5.41) is 3.03. The van der Waals surface area contributed by atoms with Crippen LogP contribution in [-0.4, -0.2) is 30.9 Å². The van der Waals surface area contributed by atoms with Crippen molar-refractivity contribution in [3.63, 3.8) is 0 Å². The van der Waals surface area contributed by atoms with E-state index in [0.29, 0.717) is 0 Å². The van der Waals surface area contributed by atoms with Gasteiger partial charge in [-0.25, -0.2) is 4.79 Å². The van der Waals surface area contributed by atoms with E-state index >= 15 is 0 Å². The fourth-order valence-corrected chi connectivity index (χ4v) is 4.52. The van der Waals surface area contributed by atoms with Crippen LogP contribution >= 0.6 is 11.6 Å². The highest BCUT2D eigenvalue weighted by Crippen LogP contribution is 2.46. The zero-order chi connectivity index (χ0) is 27.3. The number of hydrogen-bond acceptors (Lipinski definition) is 6. The second kappa shape index (κ2) is 11.6. The molecule has 0 spiro atoms. The largest absolute Gasteiger partial charge is 0.465 e. The number of alkyl halides is 3. The molecule has 0 saturated carbocycles. The van der Waals surface area contributed by atoms with Gasteiger partial charge in [0.2, 0.25) is 0 Å². The van der Waals surface area contributed by atoms with Gasteiger partial charge in [-0.3, -0.25) is 9.59 Å². The van der Waals surface area contributed by atoms with Gasteiger partial charge in [0.05, 0.1) is 29.4 Å². The molecule has 0 aliphatic carbocycles. The van der Waals surface area contributed by atoms with E-state index in [4.69, 9.17) is 21.1 Å². The van der Waals surface area contributed by atoms with Crippen LogP contribution in [0.3, 0.4) is 0 Å². The topological polar surface area (TPSA) is 81.7 Å². The predicted octanol–water partition coefficient (Wildman–Crippen LogP) is 5.83. The SMILES string of the molecule is CCOC(=O)C1=C(C)N/C(=C\C(=O)c2ccccc2Cl)[C@@H](C(=O)OCC)[C@@H]1c1ccccc1C(F)(F)F. The van der Waals surface area contributed by atoms with E-state index in [0.717, 1.165) is 12.1 Å². The van der Waals surface area contributed by atoms with E-state index in [-0.39, 0.29) is 46.3 Å². The van der Waals surface area contributed by atoms with Gasteiger partial charge in [-0.05, 0) is 44.5 Å². The Balaban J connectivity index is 2.32. The zero-order valence-corrected chi connectivity index (χ0v) is 21.1. The number of benzene rings is 2. The summed E-state index contributed by atoms with van der Waals surface area (Å²) in [4.78, 5) is 39.4. The van der Waals surface area contributed by atoms with Crippen LogP contribution in [0.2, 0.25) is 5.02 Å². The van der Waals surface area contributed by atoms with E-state index in [1.54, 1.807) is 26.0 Å². The molecule has 0 amide bonds. The normalized spacial score (nSPS) is 18.8. The quantitative estimate of drug-likeness (QED) is 0.273. The van der Waals surface area contributed by atoms with Crippen molar-refractivity contribution in [3.8, 4) is 0 Å². The van der Waals surface area contributed by atoms with Gasteiger partial charge in [-0.2, -0.15) is 13.2 Å². The van der Waals surface area contributed by atoms with Gasteiger partial charge >= 0.3 is 18.1 Å². The Morgan fingerprint density at radius 3 is 2.24 bits per heavy atom. The molecule has 37 heavy (non-hydrogen) atoms. The lowest BCUT2D eigenvalue weighted by molar-refractivity contribution is -0.149. The first-order chi connectivity index (χ1) is 17.5. The molecule has 10 heteroatoms. The molecule has 1 heterocycles. The molecule has 0 fully saturated rings. The monoisotopic (exact) mass is 535 g/mol. The Morgan fingerprint density at radius 1 is 1.00 bits per heavy atom. The minimum absolute atomic E-state index is 0.0316. The fourth-order valence-electron chi connectivity index (χ4n) is 4.29. The second-order valence-electron chi connectivity index (χ2n) is 8.12. The summed E-state index contributed by atoms with van der Waals surface area (Å²) in [6, 6.07) is 10.9. The highest BCUT2D eigenvalue weighted by atomic mass is 35.5. The minimum Gasteiger partial charge on any atom is -0.465 e. The summed E-state index contributed by atoms with van der Waals surface area (Å²) in [6.45, 7) is 4.44. The van der Waals surface area contributed by atoms with Crippen LogP contribution in [0.25, 0.3) is 0 Å². The predicted molar refractivity (Wildman–Crippen MR) is 131 cm³/mol. The Bertz CT molecular complexity index is 1270. The maximum absolute atomic E-state index is 14.1. The van der Waals surface area contributed by atoms with E-state index in [1.165, 1.54) is 37.3 Å². The number of carbonyl (C=O) groups is 3. The standard InChI is InChI=1S/C27H25ClF3NO5/c1-4-36-25(34)22-15(3)32-20(14-21(33)17-11-7-9-13-19(17)28)24(26(35)37-5-2)23(22)16-10-6-8-12-18(16)27(29,30)31/h6-14,23-24,32H,4-5H2,1-3H3/b20-14-/t23-,24-/m1/s1. The van der Waals surface area contributed by atoms with Crippen LogP contribution in [0.15, 0.2) is 71.6 Å². The molecule has 1 aliphatic heterocycles. The van der Waals surface area contributed by atoms with Crippen molar-refractivity contribution in [2.75, 3.05) is 13.2 Å². The smallest absolute Gasteiger partial charge is 0.416 e. The van der Waals surface area contributed by atoms with Gasteiger partial charge < -0.3 is 14.8 Å². The van der Waals surface area contributed by atoms with Gasteiger partial charge in [0.1, 0.15) is 5.92 Å². The molecular formula is C27H25ClF3NO5. The third-order valence-corrected chi connectivity index (χ3v) is 6.11. The lowest BCUT2D eigenvalue weighted by Gasteiger charge is -2.36. The first-order valence-corrected chi connectivity index (χ1v) is 11.9. The first-order valence-electron chi connectivity index (χ1n) is 11.5. The second-order valence-corrected chi connectivity index (χ2v) is 8.53. The number of allylic oxidation sites excluding steroid dienone is 2. The molecule has 0 saturated heterocycles. The highest BCUT2D eigenvalue weighted by molar-refractivity contribution is 6.34. The van der Waals surface area contributed by atoms with Crippen molar-refractivity contribution >= 4 is 29.3 Å². The van der Waals surface area contributed by atoms with Crippen LogP contribution in [0.4, 0.5) is 13.2 Å². The Morgan fingerprint density at radius 2 is 1.62 bits per heavy atom. The molecule has 0 aromatic heterocycles. The number of nitrogens with one attached hydrogen (secondary N) is 1. The number of halogens is 4. The molecule has 0 unspecified atom stereocenters. The molecule has 2 aromatic carbocycles. The van der Waals surface area contributed by atoms with Crippen molar-refractivity contribution in [3.05, 3.63) is 93.3 Å². The fraction of sp³-hybridized carbons (Fsp3) is 0.296.